The van der Waals surface area contributed by atoms with Crippen molar-refractivity contribution in [2.24, 2.45) is 17.6 Å². The molecule has 1 aliphatic rings. The van der Waals surface area contributed by atoms with E-state index in [1.807, 2.05) is 59.3 Å². The van der Waals surface area contributed by atoms with Crippen LogP contribution in [0.15, 0.2) is 54.9 Å². The first-order chi connectivity index (χ1) is 13.2. The molecular weight excluding hydrogens is 340 g/mol. The molecule has 27 heavy (non-hydrogen) atoms. The van der Waals surface area contributed by atoms with Gasteiger partial charge in [-0.2, -0.15) is 0 Å². The number of hydrogen-bond acceptors (Lipinski definition) is 4. The number of fused-ring (bicyclic) bond motifs is 1. The number of rotatable bonds is 6. The molecule has 3 N–H and O–H groups in total. The van der Waals surface area contributed by atoms with Gasteiger partial charge in [-0.05, 0) is 61.7 Å². The minimum absolute atomic E-state index is 0.0287. The van der Waals surface area contributed by atoms with Gasteiger partial charge in [0.25, 0.3) is 0 Å². The number of hydrogen-bond donors (Lipinski definition) is 2. The van der Waals surface area contributed by atoms with Crippen LogP contribution < -0.4 is 15.8 Å². The van der Waals surface area contributed by atoms with E-state index in [9.17, 15) is 4.79 Å². The molecule has 0 radical (unpaired) electrons. The summed E-state index contributed by atoms with van der Waals surface area (Å²) >= 11 is 0. The topological polar surface area (TPSA) is 81.7 Å². The predicted octanol–water partition coefficient (Wildman–Crippen LogP) is 3.23. The fraction of sp³-hybridized carbons (Fsp3) is 0.333. The highest BCUT2D eigenvalue weighted by Crippen LogP contribution is 2.32. The van der Waals surface area contributed by atoms with Crippen molar-refractivity contribution in [1.29, 1.82) is 0 Å². The van der Waals surface area contributed by atoms with E-state index < -0.39 is 0 Å². The average Bonchev–Trinajstić information content (AvgIpc) is 3.33. The number of benzene rings is 1. The summed E-state index contributed by atoms with van der Waals surface area (Å²) in [7, 11) is 0. The summed E-state index contributed by atoms with van der Waals surface area (Å²) < 4.78 is 7.78. The Kier molecular flexibility index (Phi) is 5.07. The van der Waals surface area contributed by atoms with E-state index in [0.29, 0.717) is 19.1 Å². The largest absolute Gasteiger partial charge is 0.487 e. The molecule has 0 bridgehead atoms. The van der Waals surface area contributed by atoms with Gasteiger partial charge in [-0.15, -0.1) is 0 Å². The second-order valence-electron chi connectivity index (χ2n) is 7.03. The highest BCUT2D eigenvalue weighted by atomic mass is 16.5. The molecule has 0 spiro atoms. The third-order valence-corrected chi connectivity index (χ3v) is 5.22. The molecule has 0 saturated heterocycles. The molecule has 1 amide bonds. The van der Waals surface area contributed by atoms with Crippen molar-refractivity contribution in [1.82, 2.24) is 9.38 Å². The number of imidazole rings is 1. The molecule has 0 aliphatic heterocycles. The third kappa shape index (κ3) is 3.95. The Bertz CT molecular complexity index is 886. The Labute approximate surface area is 158 Å². The van der Waals surface area contributed by atoms with Crippen LogP contribution in [0.25, 0.3) is 5.65 Å². The van der Waals surface area contributed by atoms with Crippen LogP contribution in [0.1, 0.15) is 25.0 Å². The zero-order chi connectivity index (χ0) is 18.6. The zero-order valence-corrected chi connectivity index (χ0v) is 15.2. The maximum absolute atomic E-state index is 12.5. The summed E-state index contributed by atoms with van der Waals surface area (Å²) in [4.78, 5) is 17.0. The SMILES string of the molecule is NC[C@H]1CCC[C@H]1C(=O)Nc1ccc(OCc2cn3ccccc3n2)cc1. The van der Waals surface area contributed by atoms with Crippen LogP contribution in [0.2, 0.25) is 0 Å². The first-order valence-corrected chi connectivity index (χ1v) is 9.39. The molecule has 1 aliphatic carbocycles. The maximum atomic E-state index is 12.5. The number of carbonyl (C=O) groups excluding carboxylic acids is 1. The molecule has 2 heterocycles. The Morgan fingerprint density at radius 3 is 2.85 bits per heavy atom. The first kappa shape index (κ1) is 17.5. The van der Waals surface area contributed by atoms with Crippen LogP contribution in [0.3, 0.4) is 0 Å². The minimum atomic E-state index is 0.0287. The Morgan fingerprint density at radius 2 is 2.07 bits per heavy atom. The predicted molar refractivity (Wildman–Crippen MR) is 104 cm³/mol. The molecule has 0 unspecified atom stereocenters. The van der Waals surface area contributed by atoms with Gasteiger partial charge in [0.05, 0.1) is 5.69 Å². The summed E-state index contributed by atoms with van der Waals surface area (Å²) in [5.74, 6) is 1.14. The van der Waals surface area contributed by atoms with Gasteiger partial charge < -0.3 is 20.2 Å². The number of nitrogens with one attached hydrogen (secondary N) is 1. The van der Waals surface area contributed by atoms with E-state index in [1.54, 1.807) is 0 Å². The van der Waals surface area contributed by atoms with Crippen molar-refractivity contribution in [2.75, 3.05) is 11.9 Å². The maximum Gasteiger partial charge on any atom is 0.227 e. The van der Waals surface area contributed by atoms with Crippen molar-refractivity contribution in [3.8, 4) is 5.75 Å². The Balaban J connectivity index is 1.34. The molecular formula is C21H24N4O2. The monoisotopic (exact) mass is 364 g/mol. The quantitative estimate of drug-likeness (QED) is 0.704. The third-order valence-electron chi connectivity index (χ3n) is 5.22. The number of carbonyl (C=O) groups is 1. The van der Waals surface area contributed by atoms with Crippen LogP contribution in [-0.2, 0) is 11.4 Å². The second kappa shape index (κ2) is 7.80. The summed E-state index contributed by atoms with van der Waals surface area (Å²) in [5, 5.41) is 3.00. The zero-order valence-electron chi connectivity index (χ0n) is 15.2. The number of anilines is 1. The highest BCUT2D eigenvalue weighted by molar-refractivity contribution is 5.93. The van der Waals surface area contributed by atoms with E-state index in [4.69, 9.17) is 10.5 Å². The van der Waals surface area contributed by atoms with Crippen LogP contribution in [0.5, 0.6) is 5.75 Å². The van der Waals surface area contributed by atoms with Gasteiger partial charge in [-0.25, -0.2) is 4.98 Å². The fourth-order valence-electron chi connectivity index (χ4n) is 3.75. The lowest BCUT2D eigenvalue weighted by Gasteiger charge is -2.17. The van der Waals surface area contributed by atoms with Gasteiger partial charge >= 0.3 is 0 Å². The molecule has 1 saturated carbocycles. The van der Waals surface area contributed by atoms with Crippen molar-refractivity contribution in [3.63, 3.8) is 0 Å². The Morgan fingerprint density at radius 1 is 1.22 bits per heavy atom. The summed E-state index contributed by atoms with van der Waals surface area (Å²) in [6, 6.07) is 13.3. The van der Waals surface area contributed by atoms with Gasteiger partial charge in [0.15, 0.2) is 0 Å². The standard InChI is InChI=1S/C21H24N4O2/c22-12-15-4-3-5-19(15)21(26)24-16-7-9-18(10-8-16)27-14-17-13-25-11-2-1-6-20(25)23-17/h1-2,6-11,13,15,19H,3-5,12,14,22H2,(H,24,26)/t15-,19-/m1/s1. The smallest absolute Gasteiger partial charge is 0.227 e. The average molecular weight is 364 g/mol. The number of nitrogens with zero attached hydrogens (tertiary/aromatic N) is 2. The molecule has 6 nitrogen and oxygen atoms in total. The van der Waals surface area contributed by atoms with Gasteiger partial charge in [0.2, 0.25) is 5.91 Å². The summed E-state index contributed by atoms with van der Waals surface area (Å²) in [6.07, 6.45) is 6.97. The molecule has 140 valence electrons. The van der Waals surface area contributed by atoms with Crippen LogP contribution >= 0.6 is 0 Å². The number of aromatic nitrogens is 2. The van der Waals surface area contributed by atoms with Crippen LogP contribution in [-0.4, -0.2) is 21.8 Å². The summed E-state index contributed by atoms with van der Waals surface area (Å²) in [5.41, 5.74) is 8.33. The van der Waals surface area contributed by atoms with E-state index in [0.717, 1.165) is 42.0 Å². The second-order valence-corrected chi connectivity index (χ2v) is 7.03. The molecule has 1 fully saturated rings. The summed E-state index contributed by atoms with van der Waals surface area (Å²) in [6.45, 7) is 0.974. The number of pyridine rings is 1. The van der Waals surface area contributed by atoms with Gasteiger partial charge in [-0.1, -0.05) is 12.5 Å². The van der Waals surface area contributed by atoms with Crippen molar-refractivity contribution in [2.45, 2.75) is 25.9 Å². The molecule has 2 aromatic heterocycles. The van der Waals surface area contributed by atoms with Crippen molar-refractivity contribution < 1.29 is 9.53 Å². The molecule has 2 atom stereocenters. The molecule has 6 heteroatoms. The minimum Gasteiger partial charge on any atom is -0.487 e. The van der Waals surface area contributed by atoms with E-state index in [-0.39, 0.29) is 11.8 Å². The van der Waals surface area contributed by atoms with Gasteiger partial charge in [0.1, 0.15) is 18.0 Å². The van der Waals surface area contributed by atoms with Crippen molar-refractivity contribution in [3.05, 3.63) is 60.6 Å². The van der Waals surface area contributed by atoms with Gasteiger partial charge in [-0.3, -0.25) is 4.79 Å². The van der Waals surface area contributed by atoms with E-state index in [2.05, 4.69) is 10.3 Å². The van der Waals surface area contributed by atoms with Crippen LogP contribution in [0, 0.1) is 11.8 Å². The lowest BCUT2D eigenvalue weighted by molar-refractivity contribution is -0.120. The first-order valence-electron chi connectivity index (χ1n) is 9.39. The van der Waals surface area contributed by atoms with E-state index in [1.165, 1.54) is 0 Å². The highest BCUT2D eigenvalue weighted by Gasteiger charge is 2.31. The van der Waals surface area contributed by atoms with E-state index >= 15 is 0 Å². The lowest BCUT2D eigenvalue weighted by atomic mass is 9.95. The van der Waals surface area contributed by atoms with Gasteiger partial charge in [0, 0.05) is 24.0 Å². The number of nitrogens with two attached hydrogens (primary N) is 1. The lowest BCUT2D eigenvalue weighted by Crippen LogP contribution is -2.29. The molecule has 4 rings (SSSR count). The van der Waals surface area contributed by atoms with Crippen LogP contribution in [0.4, 0.5) is 5.69 Å². The van der Waals surface area contributed by atoms with Crippen molar-refractivity contribution >= 4 is 17.2 Å². The number of ether oxygens (including phenoxy) is 1. The fourth-order valence-corrected chi connectivity index (χ4v) is 3.75. The molecule has 3 aromatic rings. The Hall–Kier alpha value is -2.86. The molecule has 1 aromatic carbocycles. The normalized spacial score (nSPS) is 19.3. The number of amides is 1.